The molecule has 3 N–H and O–H groups in total. The van der Waals surface area contributed by atoms with Crippen molar-refractivity contribution in [3.63, 3.8) is 0 Å². The first-order valence-corrected chi connectivity index (χ1v) is 12.9. The number of aryl methyl sites for hydroxylation is 1. The van der Waals surface area contributed by atoms with Gasteiger partial charge >= 0.3 is 0 Å². The highest BCUT2D eigenvalue weighted by atomic mass is 19.1. The molecule has 0 aliphatic carbocycles. The number of carbonyl (C=O) groups is 1. The van der Waals surface area contributed by atoms with E-state index < -0.39 is 6.86 Å². The third-order valence-electron chi connectivity index (χ3n) is 6.24. The number of rotatable bonds is 11. The normalized spacial score (nSPS) is 11.3. The van der Waals surface area contributed by atoms with E-state index in [4.69, 9.17) is 4.74 Å². The van der Waals surface area contributed by atoms with Crippen LogP contribution in [0.3, 0.4) is 0 Å². The Hall–Kier alpha value is -4.51. The van der Waals surface area contributed by atoms with Crippen LogP contribution in [0.15, 0.2) is 61.6 Å². The first-order chi connectivity index (χ1) is 19.1. The highest BCUT2D eigenvalue weighted by Crippen LogP contribution is 2.38. The Kier molecular flexibility index (Phi) is 8.64. The molecule has 210 valence electrons. The van der Waals surface area contributed by atoms with Crippen LogP contribution in [0, 0.1) is 0 Å². The molecule has 0 spiro atoms. The zero-order valence-electron chi connectivity index (χ0n) is 23.5. The quantitative estimate of drug-likeness (QED) is 0.225. The maximum atomic E-state index is 13.5. The predicted molar refractivity (Wildman–Crippen MR) is 158 cm³/mol. The number of amides is 1. The van der Waals surface area contributed by atoms with Crippen LogP contribution >= 0.6 is 0 Å². The lowest BCUT2D eigenvalue weighted by Crippen LogP contribution is -2.40. The van der Waals surface area contributed by atoms with Crippen molar-refractivity contribution in [3.05, 3.63) is 61.6 Å². The van der Waals surface area contributed by atoms with Gasteiger partial charge in [0, 0.05) is 55.8 Å². The number of nitrogens with one attached hydrogen (secondary N) is 3. The molecule has 0 aliphatic heterocycles. The van der Waals surface area contributed by atoms with Crippen LogP contribution in [0.4, 0.5) is 27.3 Å². The van der Waals surface area contributed by atoms with Crippen LogP contribution in [0.2, 0.25) is 0 Å². The van der Waals surface area contributed by atoms with Crippen molar-refractivity contribution in [2.45, 2.75) is 26.3 Å². The molecule has 0 fully saturated rings. The molecule has 11 heteroatoms. The van der Waals surface area contributed by atoms with Crippen molar-refractivity contribution in [2.75, 3.05) is 42.5 Å². The van der Waals surface area contributed by atoms with Crippen LogP contribution in [-0.2, 0) is 11.8 Å². The number of halogens is 1. The lowest BCUT2D eigenvalue weighted by atomic mass is 10.1. The van der Waals surface area contributed by atoms with E-state index in [2.05, 4.69) is 58.4 Å². The fraction of sp³-hybridized carbons (Fsp3) is 0.310. The van der Waals surface area contributed by atoms with Gasteiger partial charge in [0.15, 0.2) is 0 Å². The lowest BCUT2D eigenvalue weighted by molar-refractivity contribution is -0.111. The van der Waals surface area contributed by atoms with Crippen LogP contribution in [0.25, 0.3) is 22.2 Å². The molecule has 1 amide bonds. The average molecular weight is 547 g/mol. The molecule has 0 saturated carbocycles. The Balaban J connectivity index is 1.66. The Morgan fingerprint density at radius 2 is 1.98 bits per heavy atom. The summed E-state index contributed by atoms with van der Waals surface area (Å²) in [6, 6.07) is 11.1. The zero-order chi connectivity index (χ0) is 28.9. The molecule has 0 unspecified atom stereocenters. The number of ether oxygens (including phenoxy) is 1. The molecular formula is C29H35FN8O2. The molecule has 4 aromatic rings. The van der Waals surface area contributed by atoms with E-state index in [9.17, 15) is 9.18 Å². The van der Waals surface area contributed by atoms with Crippen molar-refractivity contribution < 1.29 is 13.9 Å². The molecular weight excluding hydrogens is 511 g/mol. The monoisotopic (exact) mass is 546 g/mol. The van der Waals surface area contributed by atoms with E-state index in [-0.39, 0.29) is 17.2 Å². The van der Waals surface area contributed by atoms with E-state index in [0.717, 1.165) is 16.5 Å². The van der Waals surface area contributed by atoms with Crippen molar-refractivity contribution in [2.24, 2.45) is 7.05 Å². The molecule has 2 aromatic carbocycles. The van der Waals surface area contributed by atoms with Crippen LogP contribution in [-0.4, -0.2) is 58.2 Å². The van der Waals surface area contributed by atoms with Gasteiger partial charge in [-0.1, -0.05) is 12.6 Å². The summed E-state index contributed by atoms with van der Waals surface area (Å²) in [5, 5.41) is 14.8. The molecule has 10 nitrogen and oxygen atoms in total. The molecule has 0 radical (unpaired) electrons. The lowest BCUT2D eigenvalue weighted by Gasteiger charge is -2.27. The number of carbonyl (C=O) groups excluding carboxylic acids is 1. The predicted octanol–water partition coefficient (Wildman–Crippen LogP) is 5.03. The molecule has 40 heavy (non-hydrogen) atoms. The smallest absolute Gasteiger partial charge is 0.247 e. The van der Waals surface area contributed by atoms with Gasteiger partial charge in [0.05, 0.1) is 34.5 Å². The molecule has 2 heterocycles. The largest absolute Gasteiger partial charge is 0.461 e. The van der Waals surface area contributed by atoms with Gasteiger partial charge in [-0.05, 0) is 45.0 Å². The average Bonchev–Trinajstić information content (AvgIpc) is 3.29. The summed E-state index contributed by atoms with van der Waals surface area (Å²) in [6.07, 6.45) is 4.45. The van der Waals surface area contributed by atoms with E-state index in [1.807, 2.05) is 41.9 Å². The summed E-state index contributed by atoms with van der Waals surface area (Å²) in [7, 11) is 3.79. The number of nitrogens with zero attached hydrogens (tertiary/aromatic N) is 5. The van der Waals surface area contributed by atoms with Gasteiger partial charge in [-0.2, -0.15) is 5.10 Å². The highest BCUT2D eigenvalue weighted by molar-refractivity contribution is 6.02. The number of alkyl halides is 1. The fourth-order valence-corrected chi connectivity index (χ4v) is 4.21. The minimum absolute atomic E-state index is 0.0445. The Labute approximate surface area is 233 Å². The summed E-state index contributed by atoms with van der Waals surface area (Å²) >= 11 is 0. The number of likely N-dealkylation sites (N-methyl/N-ethyl adjacent to an activating group) is 1. The van der Waals surface area contributed by atoms with E-state index in [0.29, 0.717) is 41.7 Å². The second-order valence-electron chi connectivity index (χ2n) is 10.4. The minimum atomic E-state index is -1.03. The fourth-order valence-electron chi connectivity index (χ4n) is 4.21. The van der Waals surface area contributed by atoms with Gasteiger partial charge in [-0.3, -0.25) is 9.48 Å². The molecule has 0 bridgehead atoms. The van der Waals surface area contributed by atoms with Crippen molar-refractivity contribution in [3.8, 4) is 17.0 Å². The SMILES string of the molecule is C=CC(=O)Nc1cc(Nc2cc(-c3ccc4c(cnn4C)c3)ncn2)c(OCF)cc1N(C)CCNC(C)(C)C. The summed E-state index contributed by atoms with van der Waals surface area (Å²) in [5.41, 5.74) is 4.15. The van der Waals surface area contributed by atoms with Crippen LogP contribution in [0.5, 0.6) is 5.75 Å². The van der Waals surface area contributed by atoms with Gasteiger partial charge in [0.2, 0.25) is 12.8 Å². The van der Waals surface area contributed by atoms with Gasteiger partial charge in [-0.15, -0.1) is 0 Å². The number of benzene rings is 2. The standard InChI is InChI=1S/C29H35FN8O2/c1-7-28(39)36-22-13-23(26(40-17-30)15-25(22)37(5)11-10-33-29(2,3)4)35-27-14-21(31-18-32-27)19-8-9-24-20(12-19)16-34-38(24)6/h7-9,12-16,18,33H,1,10-11,17H2,2-6H3,(H,36,39)(H,31,32,35). The molecule has 2 aromatic heterocycles. The number of aromatic nitrogens is 4. The number of anilines is 4. The van der Waals surface area contributed by atoms with Crippen LogP contribution in [0.1, 0.15) is 20.8 Å². The summed E-state index contributed by atoms with van der Waals surface area (Å²) in [4.78, 5) is 23.0. The van der Waals surface area contributed by atoms with Crippen molar-refractivity contribution >= 4 is 39.7 Å². The summed E-state index contributed by atoms with van der Waals surface area (Å²) in [6.45, 7) is 10.1. The first-order valence-electron chi connectivity index (χ1n) is 12.9. The first kappa shape index (κ1) is 28.5. The Bertz CT molecular complexity index is 1510. The van der Waals surface area contributed by atoms with Gasteiger partial charge in [0.25, 0.3) is 0 Å². The van der Waals surface area contributed by atoms with Crippen LogP contribution < -0.4 is 25.6 Å². The molecule has 0 aliphatic rings. The minimum Gasteiger partial charge on any atom is -0.461 e. The third-order valence-corrected chi connectivity index (χ3v) is 6.24. The van der Waals surface area contributed by atoms with Gasteiger partial charge in [-0.25, -0.2) is 14.4 Å². The molecule has 4 rings (SSSR count). The van der Waals surface area contributed by atoms with Crippen molar-refractivity contribution in [1.29, 1.82) is 0 Å². The summed E-state index contributed by atoms with van der Waals surface area (Å²) in [5.74, 6) is 0.362. The topological polar surface area (TPSA) is 109 Å². The maximum Gasteiger partial charge on any atom is 0.247 e. The number of fused-ring (bicyclic) bond motifs is 1. The van der Waals surface area contributed by atoms with Gasteiger partial charge in [0.1, 0.15) is 17.9 Å². The molecule has 0 saturated heterocycles. The van der Waals surface area contributed by atoms with E-state index in [1.165, 1.54) is 12.4 Å². The van der Waals surface area contributed by atoms with Crippen molar-refractivity contribution in [1.82, 2.24) is 25.1 Å². The Morgan fingerprint density at radius 1 is 1.18 bits per heavy atom. The highest BCUT2D eigenvalue weighted by Gasteiger charge is 2.18. The molecule has 0 atom stereocenters. The Morgan fingerprint density at radius 3 is 2.70 bits per heavy atom. The van der Waals surface area contributed by atoms with E-state index >= 15 is 0 Å². The number of hydrogen-bond donors (Lipinski definition) is 3. The zero-order valence-corrected chi connectivity index (χ0v) is 23.5. The summed E-state index contributed by atoms with van der Waals surface area (Å²) < 4.78 is 20.6. The number of hydrogen-bond acceptors (Lipinski definition) is 8. The van der Waals surface area contributed by atoms with E-state index in [1.54, 1.807) is 24.4 Å². The van der Waals surface area contributed by atoms with Gasteiger partial charge < -0.3 is 25.6 Å². The second-order valence-corrected chi connectivity index (χ2v) is 10.4. The third kappa shape index (κ3) is 6.92. The second kappa shape index (κ2) is 12.1. The maximum absolute atomic E-state index is 13.5.